The number of benzene rings is 3. The van der Waals surface area contributed by atoms with Gasteiger partial charge in [0.25, 0.3) is 5.91 Å². The van der Waals surface area contributed by atoms with E-state index < -0.39 is 0 Å². The molecule has 0 spiro atoms. The maximum absolute atomic E-state index is 12.4. The Hall–Kier alpha value is -3.60. The van der Waals surface area contributed by atoms with E-state index in [0.29, 0.717) is 17.9 Å². The average Bonchev–Trinajstić information content (AvgIpc) is 2.73. The Kier molecular flexibility index (Phi) is 6.41. The van der Waals surface area contributed by atoms with Crippen molar-refractivity contribution in [2.24, 2.45) is 0 Å². The van der Waals surface area contributed by atoms with Gasteiger partial charge in [0.15, 0.2) is 6.61 Å². The van der Waals surface area contributed by atoms with E-state index in [4.69, 9.17) is 4.74 Å². The number of ether oxygens (including phenoxy) is 1. The number of carbonyl (C=O) groups excluding carboxylic acids is 2. The summed E-state index contributed by atoms with van der Waals surface area (Å²) in [5.74, 6) is 0.180. The monoisotopic (exact) mass is 374 g/mol. The number of amides is 2. The van der Waals surface area contributed by atoms with E-state index in [2.05, 4.69) is 10.6 Å². The van der Waals surface area contributed by atoms with Gasteiger partial charge < -0.3 is 15.4 Å². The predicted octanol–water partition coefficient (Wildman–Crippen LogP) is 4.72. The average molecular weight is 374 g/mol. The molecule has 0 atom stereocenters. The summed E-state index contributed by atoms with van der Waals surface area (Å²) in [6.07, 6.45) is 0.397. The van der Waals surface area contributed by atoms with Crippen LogP contribution >= 0.6 is 0 Å². The van der Waals surface area contributed by atoms with Crippen LogP contribution in [0.1, 0.15) is 13.3 Å². The molecule has 5 nitrogen and oxygen atoms in total. The fraction of sp³-hybridized carbons (Fsp3) is 0.130. The van der Waals surface area contributed by atoms with E-state index in [1.165, 1.54) is 0 Å². The summed E-state index contributed by atoms with van der Waals surface area (Å²) in [5, 5.41) is 5.67. The molecule has 0 heterocycles. The fourth-order valence-corrected chi connectivity index (χ4v) is 2.71. The molecule has 3 aromatic carbocycles. The molecule has 0 fully saturated rings. The standard InChI is InChI=1S/C23H22N2O3/c1-2-22(26)24-18-11-8-12-19(15-18)28-16-23(27)25-21-14-7-6-13-20(21)17-9-4-3-5-10-17/h3-15H,2,16H2,1H3,(H,24,26)(H,25,27). The molecular formula is C23H22N2O3. The molecular weight excluding hydrogens is 352 g/mol. The van der Waals surface area contributed by atoms with Crippen molar-refractivity contribution in [3.63, 3.8) is 0 Å². The van der Waals surface area contributed by atoms with Crippen LogP contribution in [-0.4, -0.2) is 18.4 Å². The topological polar surface area (TPSA) is 67.4 Å². The maximum Gasteiger partial charge on any atom is 0.262 e. The first-order chi connectivity index (χ1) is 13.7. The molecule has 2 N–H and O–H groups in total. The van der Waals surface area contributed by atoms with Crippen LogP contribution < -0.4 is 15.4 Å². The van der Waals surface area contributed by atoms with Crippen LogP contribution in [0, 0.1) is 0 Å². The van der Waals surface area contributed by atoms with E-state index >= 15 is 0 Å². The maximum atomic E-state index is 12.4. The van der Waals surface area contributed by atoms with Crippen molar-refractivity contribution in [2.45, 2.75) is 13.3 Å². The third-order valence-corrected chi connectivity index (χ3v) is 4.09. The molecule has 0 bridgehead atoms. The third kappa shape index (κ3) is 5.20. The quantitative estimate of drug-likeness (QED) is 0.629. The summed E-state index contributed by atoms with van der Waals surface area (Å²) in [6.45, 7) is 1.65. The highest BCUT2D eigenvalue weighted by atomic mass is 16.5. The molecule has 0 saturated carbocycles. The van der Waals surface area contributed by atoms with Crippen molar-refractivity contribution in [2.75, 3.05) is 17.2 Å². The zero-order valence-electron chi connectivity index (χ0n) is 15.6. The van der Waals surface area contributed by atoms with Gasteiger partial charge in [-0.2, -0.15) is 0 Å². The van der Waals surface area contributed by atoms with Crippen LogP contribution in [0.4, 0.5) is 11.4 Å². The van der Waals surface area contributed by atoms with Gasteiger partial charge >= 0.3 is 0 Å². The Labute approximate surface area is 164 Å². The highest BCUT2D eigenvalue weighted by molar-refractivity contribution is 5.96. The molecule has 0 aliphatic rings. The number of carbonyl (C=O) groups is 2. The van der Waals surface area contributed by atoms with Gasteiger partial charge in [-0.3, -0.25) is 9.59 Å². The lowest BCUT2D eigenvalue weighted by molar-refractivity contribution is -0.118. The van der Waals surface area contributed by atoms with Crippen LogP contribution in [0.2, 0.25) is 0 Å². The number of para-hydroxylation sites is 1. The number of hydrogen-bond donors (Lipinski definition) is 2. The van der Waals surface area contributed by atoms with Gasteiger partial charge in [-0.15, -0.1) is 0 Å². The minimum absolute atomic E-state index is 0.0765. The lowest BCUT2D eigenvalue weighted by Crippen LogP contribution is -2.20. The first-order valence-corrected chi connectivity index (χ1v) is 9.12. The lowest BCUT2D eigenvalue weighted by atomic mass is 10.0. The highest BCUT2D eigenvalue weighted by Gasteiger charge is 2.09. The Morgan fingerprint density at radius 3 is 2.36 bits per heavy atom. The summed E-state index contributed by atoms with van der Waals surface area (Å²) < 4.78 is 5.58. The molecule has 3 rings (SSSR count). The summed E-state index contributed by atoms with van der Waals surface area (Å²) in [6, 6.07) is 24.5. The van der Waals surface area contributed by atoms with Gasteiger partial charge in [0, 0.05) is 29.4 Å². The molecule has 0 radical (unpaired) electrons. The number of rotatable bonds is 7. The van der Waals surface area contributed by atoms with Gasteiger partial charge in [0.05, 0.1) is 0 Å². The smallest absolute Gasteiger partial charge is 0.262 e. The normalized spacial score (nSPS) is 10.2. The number of nitrogens with one attached hydrogen (secondary N) is 2. The second-order valence-corrected chi connectivity index (χ2v) is 6.18. The molecule has 3 aromatic rings. The van der Waals surface area contributed by atoms with Gasteiger partial charge in [-0.05, 0) is 23.8 Å². The Morgan fingerprint density at radius 2 is 1.57 bits per heavy atom. The van der Waals surface area contributed by atoms with Crippen molar-refractivity contribution in [3.8, 4) is 16.9 Å². The zero-order chi connectivity index (χ0) is 19.8. The number of hydrogen-bond acceptors (Lipinski definition) is 3. The van der Waals surface area contributed by atoms with Crippen molar-refractivity contribution in [1.82, 2.24) is 0 Å². The second-order valence-electron chi connectivity index (χ2n) is 6.18. The van der Waals surface area contributed by atoms with Crippen LogP contribution in [0.5, 0.6) is 5.75 Å². The van der Waals surface area contributed by atoms with Gasteiger partial charge in [-0.1, -0.05) is 61.5 Å². The van der Waals surface area contributed by atoms with Gasteiger partial charge in [-0.25, -0.2) is 0 Å². The van der Waals surface area contributed by atoms with Crippen molar-refractivity contribution < 1.29 is 14.3 Å². The molecule has 0 aliphatic carbocycles. The SMILES string of the molecule is CCC(=O)Nc1cccc(OCC(=O)Nc2ccccc2-c2ccccc2)c1. The molecule has 142 valence electrons. The molecule has 0 aliphatic heterocycles. The Balaban J connectivity index is 1.63. The molecule has 5 heteroatoms. The van der Waals surface area contributed by atoms with Crippen LogP contribution in [0.25, 0.3) is 11.1 Å². The van der Waals surface area contributed by atoms with E-state index in [0.717, 1.165) is 16.8 Å². The zero-order valence-corrected chi connectivity index (χ0v) is 15.6. The Bertz CT molecular complexity index is 955. The predicted molar refractivity (Wildman–Crippen MR) is 111 cm³/mol. The fourth-order valence-electron chi connectivity index (χ4n) is 2.71. The van der Waals surface area contributed by atoms with E-state index in [1.54, 1.807) is 31.2 Å². The van der Waals surface area contributed by atoms with Gasteiger partial charge in [0.2, 0.25) is 5.91 Å². The first kappa shape index (κ1) is 19.2. The summed E-state index contributed by atoms with van der Waals surface area (Å²) in [7, 11) is 0. The molecule has 0 aromatic heterocycles. The highest BCUT2D eigenvalue weighted by Crippen LogP contribution is 2.27. The molecule has 2 amide bonds. The number of anilines is 2. The van der Waals surface area contributed by atoms with Crippen molar-refractivity contribution in [3.05, 3.63) is 78.9 Å². The van der Waals surface area contributed by atoms with Crippen LogP contribution in [-0.2, 0) is 9.59 Å². The minimum atomic E-state index is -0.258. The van der Waals surface area contributed by atoms with Crippen molar-refractivity contribution in [1.29, 1.82) is 0 Å². The van der Waals surface area contributed by atoms with E-state index in [1.807, 2.05) is 54.6 Å². The summed E-state index contributed by atoms with van der Waals surface area (Å²) in [4.78, 5) is 23.9. The van der Waals surface area contributed by atoms with Crippen LogP contribution in [0.15, 0.2) is 78.9 Å². The molecule has 0 unspecified atom stereocenters. The molecule has 0 saturated heterocycles. The van der Waals surface area contributed by atoms with E-state index in [9.17, 15) is 9.59 Å². The largest absolute Gasteiger partial charge is 0.484 e. The summed E-state index contributed by atoms with van der Waals surface area (Å²) >= 11 is 0. The first-order valence-electron chi connectivity index (χ1n) is 9.12. The van der Waals surface area contributed by atoms with E-state index in [-0.39, 0.29) is 18.4 Å². The summed E-state index contributed by atoms with van der Waals surface area (Å²) in [5.41, 5.74) is 3.34. The van der Waals surface area contributed by atoms with Crippen LogP contribution in [0.3, 0.4) is 0 Å². The van der Waals surface area contributed by atoms with Crippen molar-refractivity contribution >= 4 is 23.2 Å². The third-order valence-electron chi connectivity index (χ3n) is 4.09. The Morgan fingerprint density at radius 1 is 0.821 bits per heavy atom. The molecule has 28 heavy (non-hydrogen) atoms. The second kappa shape index (κ2) is 9.37. The van der Waals surface area contributed by atoms with Gasteiger partial charge in [0.1, 0.15) is 5.75 Å². The lowest BCUT2D eigenvalue weighted by Gasteiger charge is -2.12. The minimum Gasteiger partial charge on any atom is -0.484 e.